The van der Waals surface area contributed by atoms with Gasteiger partial charge in [-0.25, -0.2) is 0 Å². The zero-order valence-corrected chi connectivity index (χ0v) is 18.7. The highest BCUT2D eigenvalue weighted by molar-refractivity contribution is 7.87. The first-order valence-corrected chi connectivity index (χ1v) is 10.4. The summed E-state index contributed by atoms with van der Waals surface area (Å²) >= 11 is 0. The molecule has 1 rings (SSSR count). The van der Waals surface area contributed by atoms with E-state index in [0.717, 1.165) is 6.07 Å². The summed E-state index contributed by atoms with van der Waals surface area (Å²) in [4.78, 5) is 0. The van der Waals surface area contributed by atoms with E-state index in [-0.39, 0.29) is 12.4 Å². The number of pyridine rings is 1. The standard InChI is InChI=1S/C15H5F21NO3S/c16-6(17,8(20,21)10(24,25)12(28,29)14(32,33)34)7(18,19)9(22,23)11(26,27)13(30,31)15(35,36)41(38,39)40-37-4-2-1-3-5-37/h1-5H/q+1. The predicted octanol–water partition coefficient (Wildman–Crippen LogP) is 5.97. The van der Waals surface area contributed by atoms with E-state index in [1.807, 2.05) is 0 Å². The van der Waals surface area contributed by atoms with Gasteiger partial charge in [0.25, 0.3) is 0 Å². The summed E-state index contributed by atoms with van der Waals surface area (Å²) in [5.41, 5.74) is 0. The van der Waals surface area contributed by atoms with E-state index >= 15 is 0 Å². The summed E-state index contributed by atoms with van der Waals surface area (Å²) in [5, 5.41) is -7.95. The normalized spacial score (nSPS) is 16.1. The van der Waals surface area contributed by atoms with Crippen LogP contribution in [0.3, 0.4) is 0 Å². The number of hydrogen-bond donors (Lipinski definition) is 0. The Morgan fingerprint density at radius 2 is 0.683 bits per heavy atom. The molecule has 0 saturated carbocycles. The zero-order chi connectivity index (χ0) is 33.3. The van der Waals surface area contributed by atoms with Crippen molar-refractivity contribution in [2.75, 3.05) is 0 Å². The average molecular weight is 678 g/mol. The van der Waals surface area contributed by atoms with Crippen molar-refractivity contribution >= 4 is 10.1 Å². The zero-order valence-electron chi connectivity index (χ0n) is 17.9. The molecule has 0 aliphatic rings. The molecule has 0 saturated heterocycles. The monoisotopic (exact) mass is 678 g/mol. The molecule has 4 nitrogen and oxygen atoms in total. The molecule has 0 radical (unpaired) electrons. The number of rotatable bonds is 11. The van der Waals surface area contributed by atoms with Gasteiger partial charge in [-0.15, -0.1) is 4.28 Å². The van der Waals surface area contributed by atoms with Crippen molar-refractivity contribution in [3.8, 4) is 0 Å². The molecule has 0 N–H and O–H groups in total. The Morgan fingerprint density at radius 3 is 0.976 bits per heavy atom. The second kappa shape index (κ2) is 9.47. The Balaban J connectivity index is 3.81. The molecule has 1 heterocycles. The third kappa shape index (κ3) is 4.66. The van der Waals surface area contributed by atoms with Gasteiger partial charge in [-0.05, 0) is 0 Å². The van der Waals surface area contributed by atoms with Crippen molar-refractivity contribution in [3.05, 3.63) is 30.6 Å². The van der Waals surface area contributed by atoms with Crippen LogP contribution in [0.1, 0.15) is 0 Å². The van der Waals surface area contributed by atoms with Crippen LogP contribution in [0.2, 0.25) is 0 Å². The van der Waals surface area contributed by atoms with Gasteiger partial charge in [0.05, 0.1) is 0 Å². The van der Waals surface area contributed by atoms with E-state index in [2.05, 4.69) is 4.28 Å². The summed E-state index contributed by atoms with van der Waals surface area (Å²) in [6.07, 6.45) is -7.71. The van der Waals surface area contributed by atoms with Crippen LogP contribution in [0, 0.1) is 0 Å². The maximum Gasteiger partial charge on any atom is 0.460 e. The molecule has 1 aromatic heterocycles. The largest absolute Gasteiger partial charge is 0.460 e. The van der Waals surface area contributed by atoms with E-state index in [9.17, 15) is 101 Å². The molecule has 0 amide bonds. The van der Waals surface area contributed by atoms with Crippen LogP contribution in [-0.2, 0) is 10.1 Å². The molecule has 0 bridgehead atoms. The SMILES string of the molecule is O=S(=O)(O[n+]1ccccc1)C(F)(F)C(F)(F)C(F)(F)C(F)(F)C(F)(F)C(F)(F)C(F)(F)C(F)(F)C(F)(F)C(F)(F)F. The van der Waals surface area contributed by atoms with E-state index in [4.69, 9.17) is 0 Å². The number of alkyl halides is 21. The second-order valence-corrected chi connectivity index (χ2v) is 8.94. The minimum absolute atomic E-state index is 0.187. The summed E-state index contributed by atoms with van der Waals surface area (Å²) in [6, 6.07) is 2.14. The highest BCUT2D eigenvalue weighted by Crippen LogP contribution is 2.66. The fourth-order valence-corrected chi connectivity index (χ4v) is 3.16. The fraction of sp³-hybridized carbons (Fsp3) is 0.667. The molecular weight excluding hydrogens is 673 g/mol. The van der Waals surface area contributed by atoms with Crippen LogP contribution in [0.15, 0.2) is 30.6 Å². The number of halogens is 21. The van der Waals surface area contributed by atoms with Crippen LogP contribution in [0.4, 0.5) is 92.2 Å². The van der Waals surface area contributed by atoms with E-state index in [0.29, 0.717) is 12.1 Å². The molecule has 41 heavy (non-hydrogen) atoms. The molecule has 0 spiro atoms. The van der Waals surface area contributed by atoms with E-state index < -0.39 is 73.7 Å². The number of hydrogen-bond acceptors (Lipinski definition) is 3. The van der Waals surface area contributed by atoms with Gasteiger partial charge < -0.3 is 0 Å². The highest BCUT2D eigenvalue weighted by Gasteiger charge is 2.98. The lowest BCUT2D eigenvalue weighted by molar-refractivity contribution is -0.857. The first-order chi connectivity index (χ1) is 17.6. The van der Waals surface area contributed by atoms with Gasteiger partial charge in [0, 0.05) is 16.9 Å². The first-order valence-electron chi connectivity index (χ1n) is 8.96. The molecule has 26 heteroatoms. The van der Waals surface area contributed by atoms with Crippen molar-refractivity contribution in [1.29, 1.82) is 0 Å². The minimum Gasteiger partial charge on any atom is -0.192 e. The third-order valence-electron chi connectivity index (χ3n) is 4.67. The third-order valence-corrected chi connectivity index (χ3v) is 5.92. The van der Waals surface area contributed by atoms with Gasteiger partial charge in [-0.2, -0.15) is 101 Å². The fourth-order valence-electron chi connectivity index (χ4n) is 2.29. The lowest BCUT2D eigenvalue weighted by atomic mass is 9.87. The van der Waals surface area contributed by atoms with Crippen molar-refractivity contribution in [2.45, 2.75) is 58.8 Å². The Bertz CT molecular complexity index is 1210. The van der Waals surface area contributed by atoms with Crippen LogP contribution < -0.4 is 9.01 Å². The smallest absolute Gasteiger partial charge is 0.192 e. The summed E-state index contributed by atoms with van der Waals surface area (Å²) in [5.74, 6) is -72.5. The van der Waals surface area contributed by atoms with Crippen molar-refractivity contribution in [3.63, 3.8) is 0 Å². The molecule has 0 aromatic carbocycles. The van der Waals surface area contributed by atoms with Gasteiger partial charge in [-0.1, -0.05) is 6.07 Å². The van der Waals surface area contributed by atoms with Crippen molar-refractivity contribution in [2.24, 2.45) is 0 Å². The van der Waals surface area contributed by atoms with Crippen molar-refractivity contribution < 1.29 is 110 Å². The van der Waals surface area contributed by atoms with Crippen LogP contribution in [0.5, 0.6) is 0 Å². The van der Waals surface area contributed by atoms with Gasteiger partial charge in [0.1, 0.15) is 0 Å². The summed E-state index contributed by atoms with van der Waals surface area (Å²) in [6.45, 7) is 0. The Kier molecular flexibility index (Phi) is 8.42. The maximum absolute atomic E-state index is 13.9. The quantitative estimate of drug-likeness (QED) is 0.214. The lowest BCUT2D eigenvalue weighted by Gasteiger charge is -2.44. The highest BCUT2D eigenvalue weighted by atomic mass is 32.2. The lowest BCUT2D eigenvalue weighted by Crippen LogP contribution is -2.77. The van der Waals surface area contributed by atoms with Crippen LogP contribution in [-0.4, -0.2) is 67.2 Å². The van der Waals surface area contributed by atoms with Gasteiger partial charge in [-0.3, -0.25) is 0 Å². The van der Waals surface area contributed by atoms with Crippen LogP contribution in [0.25, 0.3) is 0 Å². The van der Waals surface area contributed by atoms with Gasteiger partial charge in [0.15, 0.2) is 0 Å². The summed E-state index contributed by atoms with van der Waals surface area (Å²) in [7, 11) is -7.84. The molecule has 0 fully saturated rings. The Morgan fingerprint density at radius 1 is 0.415 bits per heavy atom. The number of aromatic nitrogens is 1. The molecule has 240 valence electrons. The topological polar surface area (TPSA) is 47.3 Å². The molecule has 0 aliphatic carbocycles. The predicted molar refractivity (Wildman–Crippen MR) is 82.7 cm³/mol. The van der Waals surface area contributed by atoms with Gasteiger partial charge >= 0.3 is 68.9 Å². The molecule has 0 atom stereocenters. The summed E-state index contributed by atoms with van der Waals surface area (Å²) < 4.78 is 305. The Labute approximate surface area is 210 Å². The van der Waals surface area contributed by atoms with Crippen molar-refractivity contribution in [1.82, 2.24) is 0 Å². The van der Waals surface area contributed by atoms with Gasteiger partial charge in [0.2, 0.25) is 12.4 Å². The average Bonchev–Trinajstić information content (AvgIpc) is 2.77. The molecule has 0 unspecified atom stereocenters. The minimum atomic E-state index is -9.38. The van der Waals surface area contributed by atoms with E-state index in [1.54, 1.807) is 0 Å². The molecular formula is C15H5F21NO3S+. The maximum atomic E-state index is 13.9. The van der Waals surface area contributed by atoms with Crippen LogP contribution >= 0.6 is 0 Å². The second-order valence-electron chi connectivity index (χ2n) is 7.37. The van der Waals surface area contributed by atoms with E-state index in [1.165, 1.54) is 0 Å². The number of nitrogens with zero attached hydrogens (tertiary/aromatic N) is 1. The molecule has 1 aromatic rings. The Hall–Kier alpha value is -2.57. The first kappa shape index (κ1) is 36.5. The molecule has 0 aliphatic heterocycles.